The van der Waals surface area contributed by atoms with Crippen molar-refractivity contribution in [2.75, 3.05) is 20.3 Å². The summed E-state index contributed by atoms with van der Waals surface area (Å²) in [7, 11) is -2.40. The number of carbonyl (C=O) groups is 1. The molecule has 0 bridgehead atoms. The zero-order valence-corrected chi connectivity index (χ0v) is 13.3. The fourth-order valence-corrected chi connectivity index (χ4v) is 3.83. The highest BCUT2D eigenvalue weighted by Crippen LogP contribution is 2.23. The third kappa shape index (κ3) is 4.03. The van der Waals surface area contributed by atoms with Crippen molar-refractivity contribution in [2.45, 2.75) is 31.2 Å². The van der Waals surface area contributed by atoms with Gasteiger partial charge in [0.25, 0.3) is 0 Å². The molecule has 21 heavy (non-hydrogen) atoms. The molecule has 6 nitrogen and oxygen atoms in total. The minimum atomic E-state index is -3.89. The molecule has 0 saturated heterocycles. The monoisotopic (exact) mass is 315 g/mol. The molecule has 0 saturated carbocycles. The smallest absolute Gasteiger partial charge is 0.337 e. The van der Waals surface area contributed by atoms with Crippen molar-refractivity contribution < 1.29 is 23.1 Å². The van der Waals surface area contributed by atoms with E-state index in [2.05, 4.69) is 0 Å². The lowest BCUT2D eigenvalue weighted by atomic mass is 10.2. The van der Waals surface area contributed by atoms with Gasteiger partial charge < -0.3 is 9.84 Å². The Morgan fingerprint density at radius 2 is 2.00 bits per heavy atom. The fraction of sp³-hybridized carbons (Fsp3) is 0.500. The third-order valence-electron chi connectivity index (χ3n) is 3.30. The maximum Gasteiger partial charge on any atom is 0.337 e. The van der Waals surface area contributed by atoms with Gasteiger partial charge in [-0.1, -0.05) is 19.1 Å². The second kappa shape index (κ2) is 7.53. The zero-order valence-electron chi connectivity index (χ0n) is 12.4. The van der Waals surface area contributed by atoms with Crippen LogP contribution in [-0.4, -0.2) is 50.1 Å². The summed E-state index contributed by atoms with van der Waals surface area (Å²) < 4.78 is 31.8. The number of hydrogen-bond donors (Lipinski definition) is 1. The van der Waals surface area contributed by atoms with E-state index in [0.717, 1.165) is 0 Å². The number of nitrogens with zero attached hydrogens (tertiary/aromatic N) is 1. The van der Waals surface area contributed by atoms with Gasteiger partial charge in [0.05, 0.1) is 17.1 Å². The predicted octanol–water partition coefficient (Wildman–Crippen LogP) is 1.82. The van der Waals surface area contributed by atoms with Crippen LogP contribution in [0.2, 0.25) is 0 Å². The first-order chi connectivity index (χ1) is 9.86. The Labute approximate surface area is 125 Å². The SMILES string of the molecule is CCC(C)N(CCOC)S(=O)(=O)c1ccccc1C(=O)O. The van der Waals surface area contributed by atoms with E-state index in [-0.39, 0.29) is 29.7 Å². The molecule has 0 aliphatic carbocycles. The molecule has 1 aromatic rings. The molecule has 0 fully saturated rings. The van der Waals surface area contributed by atoms with E-state index in [1.54, 1.807) is 6.92 Å². The number of rotatable bonds is 8. The van der Waals surface area contributed by atoms with Crippen molar-refractivity contribution in [2.24, 2.45) is 0 Å². The number of carboxylic acid groups (broad SMARTS) is 1. The van der Waals surface area contributed by atoms with Crippen molar-refractivity contribution in [1.29, 1.82) is 0 Å². The van der Waals surface area contributed by atoms with E-state index in [0.29, 0.717) is 6.42 Å². The summed E-state index contributed by atoms with van der Waals surface area (Å²) >= 11 is 0. The number of hydrogen-bond acceptors (Lipinski definition) is 4. The predicted molar refractivity (Wildman–Crippen MR) is 78.9 cm³/mol. The molecular formula is C14H21NO5S. The summed E-state index contributed by atoms with van der Waals surface area (Å²) in [6.45, 7) is 4.10. The minimum absolute atomic E-state index is 0.182. The number of benzene rings is 1. The summed E-state index contributed by atoms with van der Waals surface area (Å²) in [6.07, 6.45) is 0.623. The lowest BCUT2D eigenvalue weighted by Gasteiger charge is -2.28. The second-order valence-corrected chi connectivity index (χ2v) is 6.53. The summed E-state index contributed by atoms with van der Waals surface area (Å²) in [5.41, 5.74) is -0.219. The Kier molecular flexibility index (Phi) is 6.32. The molecule has 1 atom stereocenters. The van der Waals surface area contributed by atoms with E-state index < -0.39 is 16.0 Å². The first kappa shape index (κ1) is 17.6. The minimum Gasteiger partial charge on any atom is -0.478 e. The van der Waals surface area contributed by atoms with Gasteiger partial charge in [-0.05, 0) is 25.5 Å². The molecule has 7 heteroatoms. The summed E-state index contributed by atoms with van der Waals surface area (Å²) in [4.78, 5) is 11.1. The lowest BCUT2D eigenvalue weighted by molar-refractivity contribution is 0.0692. The molecule has 0 radical (unpaired) electrons. The number of aromatic carboxylic acids is 1. The van der Waals surface area contributed by atoms with Crippen molar-refractivity contribution in [3.63, 3.8) is 0 Å². The molecule has 118 valence electrons. The molecule has 0 aliphatic heterocycles. The number of ether oxygens (including phenoxy) is 1. The number of sulfonamides is 1. The van der Waals surface area contributed by atoms with Gasteiger partial charge in [0.2, 0.25) is 10.0 Å². The first-order valence-corrected chi connectivity index (χ1v) is 8.13. The Hall–Kier alpha value is -1.44. The van der Waals surface area contributed by atoms with Crippen molar-refractivity contribution in [3.8, 4) is 0 Å². The van der Waals surface area contributed by atoms with Crippen LogP contribution in [0.25, 0.3) is 0 Å². The average Bonchev–Trinajstić information content (AvgIpc) is 2.47. The van der Waals surface area contributed by atoms with E-state index >= 15 is 0 Å². The Balaban J connectivity index is 3.32. The summed E-state index contributed by atoms with van der Waals surface area (Å²) in [5.74, 6) is -1.26. The molecule has 1 rings (SSSR count). The van der Waals surface area contributed by atoms with Crippen LogP contribution in [0.3, 0.4) is 0 Å². The molecule has 0 heterocycles. The Morgan fingerprint density at radius 1 is 1.38 bits per heavy atom. The van der Waals surface area contributed by atoms with Crippen LogP contribution in [0.5, 0.6) is 0 Å². The number of carboxylic acids is 1. The third-order valence-corrected chi connectivity index (χ3v) is 5.37. The van der Waals surface area contributed by atoms with Crippen LogP contribution in [0.4, 0.5) is 0 Å². The van der Waals surface area contributed by atoms with Gasteiger partial charge in [-0.3, -0.25) is 0 Å². The van der Waals surface area contributed by atoms with Crippen LogP contribution >= 0.6 is 0 Å². The van der Waals surface area contributed by atoms with E-state index in [9.17, 15) is 18.3 Å². The van der Waals surface area contributed by atoms with Gasteiger partial charge in [0.1, 0.15) is 0 Å². The van der Waals surface area contributed by atoms with Gasteiger partial charge in [0.15, 0.2) is 0 Å². The average molecular weight is 315 g/mol. The van der Waals surface area contributed by atoms with Gasteiger partial charge in [-0.2, -0.15) is 4.31 Å². The molecule has 1 N–H and O–H groups in total. The Morgan fingerprint density at radius 3 is 2.52 bits per heavy atom. The molecule has 0 amide bonds. The number of methoxy groups -OCH3 is 1. The topological polar surface area (TPSA) is 83.9 Å². The highest BCUT2D eigenvalue weighted by Gasteiger charge is 2.31. The molecule has 0 aromatic heterocycles. The summed E-state index contributed by atoms with van der Waals surface area (Å²) in [6, 6.07) is 5.39. The largest absolute Gasteiger partial charge is 0.478 e. The Bertz CT molecular complexity index is 585. The van der Waals surface area contributed by atoms with Gasteiger partial charge >= 0.3 is 5.97 Å². The molecule has 1 aromatic carbocycles. The highest BCUT2D eigenvalue weighted by atomic mass is 32.2. The lowest BCUT2D eigenvalue weighted by Crippen LogP contribution is -2.41. The van der Waals surface area contributed by atoms with E-state index in [4.69, 9.17) is 4.74 Å². The maximum absolute atomic E-state index is 12.8. The molecule has 0 spiro atoms. The van der Waals surface area contributed by atoms with Gasteiger partial charge in [-0.15, -0.1) is 0 Å². The van der Waals surface area contributed by atoms with Crippen LogP contribution in [0, 0.1) is 0 Å². The normalized spacial score (nSPS) is 13.3. The van der Waals surface area contributed by atoms with Crippen LogP contribution in [0.15, 0.2) is 29.2 Å². The molecule has 1 unspecified atom stereocenters. The van der Waals surface area contributed by atoms with E-state index in [1.165, 1.54) is 35.7 Å². The van der Waals surface area contributed by atoms with Crippen molar-refractivity contribution in [1.82, 2.24) is 4.31 Å². The maximum atomic E-state index is 12.8. The van der Waals surface area contributed by atoms with Crippen LogP contribution in [-0.2, 0) is 14.8 Å². The fourth-order valence-electron chi connectivity index (χ4n) is 1.96. The second-order valence-electron chi connectivity index (χ2n) is 4.67. The van der Waals surface area contributed by atoms with Crippen molar-refractivity contribution in [3.05, 3.63) is 29.8 Å². The standard InChI is InChI=1S/C14H21NO5S/c1-4-11(2)15(9-10-20-3)21(18,19)13-8-6-5-7-12(13)14(16)17/h5-8,11H,4,9-10H2,1-3H3,(H,16,17). The molecular weight excluding hydrogens is 294 g/mol. The van der Waals surface area contributed by atoms with Crippen LogP contribution in [0.1, 0.15) is 30.6 Å². The zero-order chi connectivity index (χ0) is 16.0. The quantitative estimate of drug-likeness (QED) is 0.791. The van der Waals surface area contributed by atoms with E-state index in [1.807, 2.05) is 6.92 Å². The molecule has 0 aliphatic rings. The van der Waals surface area contributed by atoms with Crippen molar-refractivity contribution >= 4 is 16.0 Å². The highest BCUT2D eigenvalue weighted by molar-refractivity contribution is 7.89. The first-order valence-electron chi connectivity index (χ1n) is 6.69. The van der Waals surface area contributed by atoms with Crippen LogP contribution < -0.4 is 0 Å². The van der Waals surface area contributed by atoms with Gasteiger partial charge in [-0.25, -0.2) is 13.2 Å². The van der Waals surface area contributed by atoms with Gasteiger partial charge in [0, 0.05) is 19.7 Å². The summed E-state index contributed by atoms with van der Waals surface area (Å²) in [5, 5.41) is 9.17.